The Hall–Kier alpha value is -1.68. The number of aromatic nitrogens is 1. The standard InChI is InChI=1S/C13H13ClN2O2/c14-10-4-3-9(11-6-13(15)16-18-11)5-12(10)17-7-8-1-2-8/h3-6,8H,1-2,7H2,(H2,15,16). The van der Waals surface area contributed by atoms with E-state index in [0.717, 1.165) is 12.2 Å². The number of nitrogens with two attached hydrogens (primary N) is 1. The molecule has 5 heteroatoms. The van der Waals surface area contributed by atoms with Crippen molar-refractivity contribution in [2.75, 3.05) is 12.3 Å². The second-order valence-corrected chi connectivity index (χ2v) is 4.92. The fourth-order valence-corrected chi connectivity index (χ4v) is 1.86. The van der Waals surface area contributed by atoms with E-state index in [1.807, 2.05) is 12.1 Å². The molecule has 18 heavy (non-hydrogen) atoms. The van der Waals surface area contributed by atoms with Gasteiger partial charge in [-0.05, 0) is 37.0 Å². The molecule has 0 spiro atoms. The van der Waals surface area contributed by atoms with E-state index in [1.54, 1.807) is 12.1 Å². The lowest BCUT2D eigenvalue weighted by atomic mass is 10.1. The molecule has 3 rings (SSSR count). The number of benzene rings is 1. The van der Waals surface area contributed by atoms with Gasteiger partial charge in [-0.1, -0.05) is 16.8 Å². The van der Waals surface area contributed by atoms with Gasteiger partial charge in [0.15, 0.2) is 11.6 Å². The molecule has 94 valence electrons. The summed E-state index contributed by atoms with van der Waals surface area (Å²) < 4.78 is 10.8. The van der Waals surface area contributed by atoms with Gasteiger partial charge < -0.3 is 15.0 Å². The lowest BCUT2D eigenvalue weighted by Crippen LogP contribution is -1.99. The van der Waals surface area contributed by atoms with Gasteiger partial charge in [0.1, 0.15) is 5.75 Å². The lowest BCUT2D eigenvalue weighted by Gasteiger charge is -2.08. The second kappa shape index (κ2) is 4.53. The average molecular weight is 265 g/mol. The van der Waals surface area contributed by atoms with Crippen molar-refractivity contribution < 1.29 is 9.26 Å². The van der Waals surface area contributed by atoms with E-state index in [1.165, 1.54) is 12.8 Å². The molecule has 2 aromatic rings. The van der Waals surface area contributed by atoms with Crippen LogP contribution in [0.1, 0.15) is 12.8 Å². The molecule has 0 bridgehead atoms. The third-order valence-electron chi connectivity index (χ3n) is 2.92. The maximum Gasteiger partial charge on any atom is 0.169 e. The third kappa shape index (κ3) is 2.43. The highest BCUT2D eigenvalue weighted by molar-refractivity contribution is 6.32. The minimum atomic E-state index is 0.361. The maximum absolute atomic E-state index is 6.10. The highest BCUT2D eigenvalue weighted by Gasteiger charge is 2.22. The first-order chi connectivity index (χ1) is 8.72. The van der Waals surface area contributed by atoms with E-state index in [9.17, 15) is 0 Å². The minimum absolute atomic E-state index is 0.361. The Kier molecular flexibility index (Phi) is 2.88. The van der Waals surface area contributed by atoms with E-state index < -0.39 is 0 Å². The van der Waals surface area contributed by atoms with Gasteiger partial charge in [-0.2, -0.15) is 0 Å². The van der Waals surface area contributed by atoms with Crippen molar-refractivity contribution in [1.29, 1.82) is 0 Å². The van der Waals surface area contributed by atoms with Crippen molar-refractivity contribution in [3.8, 4) is 17.1 Å². The predicted molar refractivity (Wildman–Crippen MR) is 69.6 cm³/mol. The Morgan fingerprint density at radius 2 is 2.22 bits per heavy atom. The summed E-state index contributed by atoms with van der Waals surface area (Å²) in [6.45, 7) is 0.724. The number of ether oxygens (including phenoxy) is 1. The Morgan fingerprint density at radius 1 is 1.39 bits per heavy atom. The SMILES string of the molecule is Nc1cc(-c2ccc(Cl)c(OCC3CC3)c2)on1. The Morgan fingerprint density at radius 3 is 2.89 bits per heavy atom. The van der Waals surface area contributed by atoms with Gasteiger partial charge >= 0.3 is 0 Å². The quantitative estimate of drug-likeness (QED) is 0.920. The second-order valence-electron chi connectivity index (χ2n) is 4.52. The highest BCUT2D eigenvalue weighted by atomic mass is 35.5. The van der Waals surface area contributed by atoms with Crippen LogP contribution < -0.4 is 10.5 Å². The number of nitrogens with zero attached hydrogens (tertiary/aromatic N) is 1. The molecule has 0 unspecified atom stereocenters. The summed E-state index contributed by atoms with van der Waals surface area (Å²) in [7, 11) is 0. The summed E-state index contributed by atoms with van der Waals surface area (Å²) >= 11 is 6.10. The van der Waals surface area contributed by atoms with Crippen LogP contribution in [0.3, 0.4) is 0 Å². The summed E-state index contributed by atoms with van der Waals surface area (Å²) in [5.74, 6) is 2.34. The van der Waals surface area contributed by atoms with Crippen molar-refractivity contribution in [2.45, 2.75) is 12.8 Å². The molecule has 0 saturated heterocycles. The van der Waals surface area contributed by atoms with E-state index in [2.05, 4.69) is 5.16 Å². The Labute approximate surface area is 110 Å². The van der Waals surface area contributed by atoms with Crippen molar-refractivity contribution in [1.82, 2.24) is 5.16 Å². The molecule has 0 amide bonds. The van der Waals surface area contributed by atoms with Crippen molar-refractivity contribution in [3.05, 3.63) is 29.3 Å². The zero-order chi connectivity index (χ0) is 12.5. The van der Waals surface area contributed by atoms with Crippen LogP contribution in [0.2, 0.25) is 5.02 Å². The number of hydrogen-bond acceptors (Lipinski definition) is 4. The van der Waals surface area contributed by atoms with Crippen molar-refractivity contribution in [2.24, 2.45) is 5.92 Å². The van der Waals surface area contributed by atoms with Gasteiger partial charge in [0.2, 0.25) is 0 Å². The van der Waals surface area contributed by atoms with E-state index >= 15 is 0 Å². The molecule has 0 aliphatic heterocycles. The first-order valence-electron chi connectivity index (χ1n) is 5.87. The maximum atomic E-state index is 6.10. The summed E-state index contributed by atoms with van der Waals surface area (Å²) in [5, 5.41) is 4.26. The van der Waals surface area contributed by atoms with Crippen LogP contribution in [-0.4, -0.2) is 11.8 Å². The van der Waals surface area contributed by atoms with Gasteiger partial charge in [0.25, 0.3) is 0 Å². The molecule has 2 N–H and O–H groups in total. The van der Waals surface area contributed by atoms with Crippen LogP contribution in [0.15, 0.2) is 28.8 Å². The summed E-state index contributed by atoms with van der Waals surface area (Å²) in [5.41, 5.74) is 6.38. The van der Waals surface area contributed by atoms with Crippen LogP contribution in [0.4, 0.5) is 5.82 Å². The van der Waals surface area contributed by atoms with Crippen molar-refractivity contribution in [3.63, 3.8) is 0 Å². The van der Waals surface area contributed by atoms with Gasteiger partial charge in [0.05, 0.1) is 11.6 Å². The number of hydrogen-bond donors (Lipinski definition) is 1. The van der Waals surface area contributed by atoms with Crippen LogP contribution in [0.5, 0.6) is 5.75 Å². The predicted octanol–water partition coefficient (Wildman–Crippen LogP) is 3.37. The zero-order valence-corrected chi connectivity index (χ0v) is 10.5. The van der Waals surface area contributed by atoms with E-state index in [4.69, 9.17) is 26.6 Å². The zero-order valence-electron chi connectivity index (χ0n) is 9.73. The largest absolute Gasteiger partial charge is 0.492 e. The molecule has 1 aromatic carbocycles. The fourth-order valence-electron chi connectivity index (χ4n) is 1.68. The fraction of sp³-hybridized carbons (Fsp3) is 0.308. The number of anilines is 1. The molecule has 1 aliphatic rings. The molecule has 1 saturated carbocycles. The first kappa shape index (κ1) is 11.4. The first-order valence-corrected chi connectivity index (χ1v) is 6.25. The normalized spacial score (nSPS) is 14.7. The minimum Gasteiger partial charge on any atom is -0.492 e. The monoisotopic (exact) mass is 264 g/mol. The van der Waals surface area contributed by atoms with E-state index in [-0.39, 0.29) is 0 Å². The Bertz CT molecular complexity index is 564. The molecule has 4 nitrogen and oxygen atoms in total. The van der Waals surface area contributed by atoms with Crippen molar-refractivity contribution >= 4 is 17.4 Å². The molecule has 1 aliphatic carbocycles. The summed E-state index contributed by atoms with van der Waals surface area (Å²) in [6, 6.07) is 7.17. The molecule has 1 heterocycles. The van der Waals surface area contributed by atoms with Crippen LogP contribution >= 0.6 is 11.6 Å². The lowest BCUT2D eigenvalue weighted by molar-refractivity contribution is 0.300. The summed E-state index contributed by atoms with van der Waals surface area (Å²) in [4.78, 5) is 0. The molecule has 0 radical (unpaired) electrons. The van der Waals surface area contributed by atoms with Gasteiger partial charge in [0, 0.05) is 11.6 Å². The third-order valence-corrected chi connectivity index (χ3v) is 3.23. The smallest absolute Gasteiger partial charge is 0.169 e. The molecular formula is C13H13ClN2O2. The van der Waals surface area contributed by atoms with Crippen LogP contribution in [0.25, 0.3) is 11.3 Å². The topological polar surface area (TPSA) is 61.3 Å². The van der Waals surface area contributed by atoms with Crippen LogP contribution in [-0.2, 0) is 0 Å². The van der Waals surface area contributed by atoms with Crippen LogP contribution in [0, 0.1) is 5.92 Å². The number of nitrogen functional groups attached to an aromatic ring is 1. The number of rotatable bonds is 4. The molecule has 1 aromatic heterocycles. The van der Waals surface area contributed by atoms with Gasteiger partial charge in [-0.15, -0.1) is 0 Å². The van der Waals surface area contributed by atoms with Gasteiger partial charge in [-0.25, -0.2) is 0 Å². The molecule has 0 atom stereocenters. The molecular weight excluding hydrogens is 252 g/mol. The Balaban J connectivity index is 1.84. The summed E-state index contributed by atoms with van der Waals surface area (Å²) in [6.07, 6.45) is 2.49. The highest BCUT2D eigenvalue weighted by Crippen LogP contribution is 2.34. The molecule has 1 fully saturated rings. The average Bonchev–Trinajstić information content (AvgIpc) is 3.09. The van der Waals surface area contributed by atoms with Gasteiger partial charge in [-0.3, -0.25) is 0 Å². The number of halogens is 1. The van der Waals surface area contributed by atoms with E-state index in [0.29, 0.717) is 28.3 Å².